The Bertz CT molecular complexity index is 337. The molecule has 0 aromatic heterocycles. The predicted octanol–water partition coefficient (Wildman–Crippen LogP) is 2.12. The second-order valence-electron chi connectivity index (χ2n) is 6.15. The molecule has 0 bridgehead atoms. The summed E-state index contributed by atoms with van der Waals surface area (Å²) in [5.74, 6) is -0.603. The van der Waals surface area contributed by atoms with E-state index in [1.165, 1.54) is 0 Å². The molecule has 116 valence electrons. The molecule has 20 heavy (non-hydrogen) atoms. The molecule has 1 aliphatic heterocycles. The topological polar surface area (TPSA) is 76.1 Å². The van der Waals surface area contributed by atoms with Gasteiger partial charge in [-0.15, -0.1) is 0 Å². The predicted molar refractivity (Wildman–Crippen MR) is 73.6 cm³/mol. The normalized spacial score (nSPS) is 19.8. The van der Waals surface area contributed by atoms with Crippen molar-refractivity contribution >= 4 is 12.1 Å². The number of hydrogen-bond donors (Lipinski definition) is 1. The summed E-state index contributed by atoms with van der Waals surface area (Å²) in [5, 5.41) is 8.52. The molecule has 1 aliphatic rings. The van der Waals surface area contributed by atoms with Crippen molar-refractivity contribution in [2.24, 2.45) is 5.92 Å². The van der Waals surface area contributed by atoms with Crippen LogP contribution in [0.1, 0.15) is 40.0 Å². The van der Waals surface area contributed by atoms with E-state index in [4.69, 9.17) is 14.6 Å². The second-order valence-corrected chi connectivity index (χ2v) is 6.15. The number of carbonyl (C=O) groups is 2. The van der Waals surface area contributed by atoms with Crippen molar-refractivity contribution in [3.05, 3.63) is 0 Å². The molecule has 6 heteroatoms. The maximum absolute atomic E-state index is 12.0. The van der Waals surface area contributed by atoms with E-state index >= 15 is 0 Å². The van der Waals surface area contributed by atoms with Crippen LogP contribution >= 0.6 is 0 Å². The van der Waals surface area contributed by atoms with Gasteiger partial charge in [-0.2, -0.15) is 0 Å². The molecule has 1 atom stereocenters. The number of carboxylic acids is 1. The molecule has 1 N–H and O–H groups in total. The Kier molecular flexibility index (Phi) is 6.26. The van der Waals surface area contributed by atoms with Gasteiger partial charge in [0, 0.05) is 19.0 Å². The van der Waals surface area contributed by atoms with Crippen molar-refractivity contribution in [2.45, 2.75) is 45.6 Å². The number of piperidine rings is 1. The highest BCUT2D eigenvalue weighted by Crippen LogP contribution is 2.19. The van der Waals surface area contributed by atoms with Gasteiger partial charge in [0.1, 0.15) is 5.60 Å². The number of aliphatic carboxylic acids is 1. The van der Waals surface area contributed by atoms with Gasteiger partial charge < -0.3 is 19.5 Å². The summed E-state index contributed by atoms with van der Waals surface area (Å²) in [6.07, 6.45) is 1.65. The first-order chi connectivity index (χ1) is 9.28. The Labute approximate surface area is 120 Å². The summed E-state index contributed by atoms with van der Waals surface area (Å²) in [6, 6.07) is 0. The van der Waals surface area contributed by atoms with Crippen LogP contribution in [-0.4, -0.2) is 54.0 Å². The van der Waals surface area contributed by atoms with Gasteiger partial charge >= 0.3 is 12.1 Å². The zero-order valence-electron chi connectivity index (χ0n) is 12.6. The van der Waals surface area contributed by atoms with Gasteiger partial charge in [0.25, 0.3) is 0 Å². The molecule has 1 rings (SSSR count). The summed E-state index contributed by atoms with van der Waals surface area (Å²) < 4.78 is 10.7. The Morgan fingerprint density at radius 1 is 1.35 bits per heavy atom. The number of likely N-dealkylation sites (tertiary alicyclic amines) is 1. The molecule has 1 heterocycles. The largest absolute Gasteiger partial charge is 0.481 e. The van der Waals surface area contributed by atoms with Crippen LogP contribution in [0.5, 0.6) is 0 Å². The fraction of sp³-hybridized carbons (Fsp3) is 0.857. The molecule has 1 amide bonds. The van der Waals surface area contributed by atoms with E-state index in [1.807, 2.05) is 20.8 Å². The fourth-order valence-electron chi connectivity index (χ4n) is 2.10. The molecule has 0 radical (unpaired) electrons. The molecule has 6 nitrogen and oxygen atoms in total. The van der Waals surface area contributed by atoms with Crippen LogP contribution in [0.25, 0.3) is 0 Å². The SMILES string of the molecule is CC(C)(C)OC(=O)N1CCC[C@H](COCCC(=O)O)C1. The Balaban J connectivity index is 2.31. The average molecular weight is 287 g/mol. The lowest BCUT2D eigenvalue weighted by Gasteiger charge is -2.34. The minimum Gasteiger partial charge on any atom is -0.481 e. The molecular weight excluding hydrogens is 262 g/mol. The van der Waals surface area contributed by atoms with E-state index in [0.717, 1.165) is 12.8 Å². The first kappa shape index (κ1) is 16.8. The standard InChI is InChI=1S/C14H25NO5/c1-14(2,3)20-13(18)15-7-4-5-11(9-15)10-19-8-6-12(16)17/h11H,4-10H2,1-3H3,(H,16,17)/t11-/m0/s1. The number of hydrogen-bond acceptors (Lipinski definition) is 4. The summed E-state index contributed by atoms with van der Waals surface area (Å²) in [5.41, 5.74) is -0.484. The van der Waals surface area contributed by atoms with Crippen LogP contribution in [0.15, 0.2) is 0 Å². The molecule has 1 fully saturated rings. The minimum atomic E-state index is -0.857. The van der Waals surface area contributed by atoms with Crippen LogP contribution < -0.4 is 0 Å². The monoisotopic (exact) mass is 287 g/mol. The number of ether oxygens (including phenoxy) is 2. The van der Waals surface area contributed by atoms with Gasteiger partial charge in [0.05, 0.1) is 19.6 Å². The van der Waals surface area contributed by atoms with E-state index in [0.29, 0.717) is 19.7 Å². The first-order valence-electron chi connectivity index (χ1n) is 7.05. The Morgan fingerprint density at radius 2 is 2.05 bits per heavy atom. The van der Waals surface area contributed by atoms with Crippen LogP contribution in [0, 0.1) is 5.92 Å². The highest BCUT2D eigenvalue weighted by molar-refractivity contribution is 5.68. The van der Waals surface area contributed by atoms with Crippen LogP contribution in [0.3, 0.4) is 0 Å². The van der Waals surface area contributed by atoms with Crippen molar-refractivity contribution < 1.29 is 24.2 Å². The van der Waals surface area contributed by atoms with Gasteiger partial charge in [-0.05, 0) is 33.6 Å². The summed E-state index contributed by atoms with van der Waals surface area (Å²) in [7, 11) is 0. The number of nitrogens with zero attached hydrogens (tertiary/aromatic N) is 1. The molecule has 0 spiro atoms. The quantitative estimate of drug-likeness (QED) is 0.784. The summed E-state index contributed by atoms with van der Waals surface area (Å²) >= 11 is 0. The van der Waals surface area contributed by atoms with E-state index in [1.54, 1.807) is 4.90 Å². The molecule has 1 saturated heterocycles. The van der Waals surface area contributed by atoms with E-state index < -0.39 is 11.6 Å². The van der Waals surface area contributed by atoms with Crippen molar-refractivity contribution in [3.63, 3.8) is 0 Å². The molecule has 0 aromatic rings. The number of carboxylic acid groups (broad SMARTS) is 1. The number of rotatable bonds is 5. The van der Waals surface area contributed by atoms with Crippen LogP contribution in [0.2, 0.25) is 0 Å². The van der Waals surface area contributed by atoms with Crippen molar-refractivity contribution in [1.29, 1.82) is 0 Å². The van der Waals surface area contributed by atoms with Crippen molar-refractivity contribution in [3.8, 4) is 0 Å². The lowest BCUT2D eigenvalue weighted by molar-refractivity contribution is -0.138. The van der Waals surface area contributed by atoms with Crippen molar-refractivity contribution in [1.82, 2.24) is 4.90 Å². The Hall–Kier alpha value is -1.30. The molecule has 0 aromatic carbocycles. The Morgan fingerprint density at radius 3 is 2.65 bits per heavy atom. The van der Waals surface area contributed by atoms with E-state index in [2.05, 4.69) is 0 Å². The maximum atomic E-state index is 12.0. The third kappa shape index (κ3) is 6.75. The van der Waals surface area contributed by atoms with E-state index in [-0.39, 0.29) is 25.0 Å². The molecular formula is C14H25NO5. The fourth-order valence-corrected chi connectivity index (χ4v) is 2.10. The van der Waals surface area contributed by atoms with E-state index in [9.17, 15) is 9.59 Å². The lowest BCUT2D eigenvalue weighted by Crippen LogP contribution is -2.43. The zero-order valence-corrected chi connectivity index (χ0v) is 12.6. The minimum absolute atomic E-state index is 0.0164. The van der Waals surface area contributed by atoms with Gasteiger partial charge in [-0.1, -0.05) is 0 Å². The van der Waals surface area contributed by atoms with Gasteiger partial charge in [-0.25, -0.2) is 4.79 Å². The van der Waals surface area contributed by atoms with Crippen molar-refractivity contribution in [2.75, 3.05) is 26.3 Å². The highest BCUT2D eigenvalue weighted by atomic mass is 16.6. The van der Waals surface area contributed by atoms with Crippen LogP contribution in [-0.2, 0) is 14.3 Å². The third-order valence-electron chi connectivity index (χ3n) is 2.98. The first-order valence-corrected chi connectivity index (χ1v) is 7.05. The van der Waals surface area contributed by atoms with Gasteiger partial charge in [0.15, 0.2) is 0 Å². The lowest BCUT2D eigenvalue weighted by atomic mass is 9.99. The van der Waals surface area contributed by atoms with Gasteiger partial charge in [0.2, 0.25) is 0 Å². The molecule has 0 unspecified atom stereocenters. The molecule has 0 aliphatic carbocycles. The number of amides is 1. The molecule has 0 saturated carbocycles. The zero-order chi connectivity index (χ0) is 15.2. The van der Waals surface area contributed by atoms with Crippen LogP contribution in [0.4, 0.5) is 4.79 Å². The number of carbonyl (C=O) groups excluding carboxylic acids is 1. The average Bonchev–Trinajstić information content (AvgIpc) is 2.33. The summed E-state index contributed by atoms with van der Waals surface area (Å²) in [4.78, 5) is 24.0. The summed E-state index contributed by atoms with van der Waals surface area (Å²) in [6.45, 7) is 7.58. The second kappa shape index (κ2) is 7.47. The maximum Gasteiger partial charge on any atom is 0.410 e. The smallest absolute Gasteiger partial charge is 0.410 e. The van der Waals surface area contributed by atoms with Gasteiger partial charge in [-0.3, -0.25) is 4.79 Å². The highest BCUT2D eigenvalue weighted by Gasteiger charge is 2.27. The third-order valence-corrected chi connectivity index (χ3v) is 2.98.